The molecule has 2 heterocycles. The van der Waals surface area contributed by atoms with Crippen LogP contribution < -0.4 is 0 Å². The fourth-order valence-corrected chi connectivity index (χ4v) is 3.75. The van der Waals surface area contributed by atoms with Gasteiger partial charge in [0.1, 0.15) is 0 Å². The second-order valence-electron chi connectivity index (χ2n) is 4.64. The molecule has 2 unspecified atom stereocenters. The number of halogens is 1. The molecule has 1 spiro atoms. The summed E-state index contributed by atoms with van der Waals surface area (Å²) in [4.78, 5) is 0. The molecule has 2 fully saturated rings. The van der Waals surface area contributed by atoms with Crippen molar-refractivity contribution in [1.29, 1.82) is 0 Å². The van der Waals surface area contributed by atoms with Crippen LogP contribution in [0.3, 0.4) is 0 Å². The zero-order valence-electron chi connectivity index (χ0n) is 8.72. The molecule has 0 aromatic heterocycles. The first kappa shape index (κ1) is 11.1. The predicted molar refractivity (Wildman–Crippen MR) is 60.0 cm³/mol. The number of hydrogen-bond donors (Lipinski definition) is 0. The Kier molecular flexibility index (Phi) is 3.04. The van der Waals surface area contributed by atoms with Crippen molar-refractivity contribution in [3.05, 3.63) is 0 Å². The standard InChI is InChI=1S/C10H17ClO2S/c1-9(2)3-4-14-7-10(9)12-6-8(5-11)13-10/h8H,3-7H2,1-2H3. The molecule has 0 radical (unpaired) electrons. The number of rotatable bonds is 1. The summed E-state index contributed by atoms with van der Waals surface area (Å²) < 4.78 is 11.9. The van der Waals surface area contributed by atoms with E-state index in [1.54, 1.807) is 0 Å². The smallest absolute Gasteiger partial charge is 0.183 e. The van der Waals surface area contributed by atoms with E-state index in [-0.39, 0.29) is 17.3 Å². The summed E-state index contributed by atoms with van der Waals surface area (Å²) in [6, 6.07) is 0. The Bertz CT molecular complexity index is 222. The van der Waals surface area contributed by atoms with Crippen LogP contribution in [0.15, 0.2) is 0 Å². The van der Waals surface area contributed by atoms with Crippen LogP contribution >= 0.6 is 23.4 Å². The fourth-order valence-electron chi connectivity index (χ4n) is 1.99. The summed E-state index contributed by atoms with van der Waals surface area (Å²) in [6.45, 7) is 5.10. The van der Waals surface area contributed by atoms with Crippen molar-refractivity contribution in [2.45, 2.75) is 32.2 Å². The molecule has 0 N–H and O–H groups in total. The zero-order chi connectivity index (χ0) is 10.2. The minimum atomic E-state index is -0.379. The Morgan fingerprint density at radius 2 is 2.29 bits per heavy atom. The summed E-state index contributed by atoms with van der Waals surface area (Å²) in [5, 5.41) is 0. The maximum Gasteiger partial charge on any atom is 0.183 e. The fraction of sp³-hybridized carbons (Fsp3) is 1.00. The Hall–Kier alpha value is 0.560. The molecule has 0 aliphatic carbocycles. The van der Waals surface area contributed by atoms with Gasteiger partial charge in [0, 0.05) is 11.2 Å². The van der Waals surface area contributed by atoms with Crippen molar-refractivity contribution in [2.24, 2.45) is 5.41 Å². The molecule has 2 rings (SSSR count). The first-order chi connectivity index (χ1) is 6.60. The number of ether oxygens (including phenoxy) is 2. The number of alkyl halides is 1. The molecule has 2 aliphatic rings. The van der Waals surface area contributed by atoms with Gasteiger partial charge in [0.05, 0.1) is 18.6 Å². The Labute approximate surface area is 94.7 Å². The van der Waals surface area contributed by atoms with Gasteiger partial charge in [0.2, 0.25) is 0 Å². The van der Waals surface area contributed by atoms with E-state index in [2.05, 4.69) is 13.8 Å². The van der Waals surface area contributed by atoms with Gasteiger partial charge in [-0.25, -0.2) is 0 Å². The molecule has 0 amide bonds. The lowest BCUT2D eigenvalue weighted by Gasteiger charge is -2.45. The minimum Gasteiger partial charge on any atom is -0.346 e. The lowest BCUT2D eigenvalue weighted by atomic mass is 9.81. The normalized spacial score (nSPS) is 41.8. The Balaban J connectivity index is 2.14. The monoisotopic (exact) mass is 236 g/mol. The maximum absolute atomic E-state index is 5.98. The van der Waals surface area contributed by atoms with Crippen molar-refractivity contribution in [2.75, 3.05) is 24.0 Å². The van der Waals surface area contributed by atoms with Crippen LogP contribution in [0.2, 0.25) is 0 Å². The van der Waals surface area contributed by atoms with Crippen LogP contribution in [-0.4, -0.2) is 35.9 Å². The summed E-state index contributed by atoms with van der Waals surface area (Å²) >= 11 is 7.70. The molecular formula is C10H17ClO2S. The third-order valence-electron chi connectivity index (χ3n) is 3.23. The van der Waals surface area contributed by atoms with Gasteiger partial charge in [-0.15, -0.1) is 11.6 Å². The highest BCUT2D eigenvalue weighted by atomic mass is 35.5. The molecule has 2 saturated heterocycles. The molecule has 14 heavy (non-hydrogen) atoms. The highest BCUT2D eigenvalue weighted by Gasteiger charge is 2.54. The van der Waals surface area contributed by atoms with E-state index in [1.807, 2.05) is 11.8 Å². The van der Waals surface area contributed by atoms with Crippen LogP contribution in [0.25, 0.3) is 0 Å². The molecule has 2 aliphatic heterocycles. The van der Waals surface area contributed by atoms with E-state index in [0.717, 1.165) is 12.2 Å². The third-order valence-corrected chi connectivity index (χ3v) is 4.65. The van der Waals surface area contributed by atoms with Gasteiger partial charge in [0.15, 0.2) is 5.79 Å². The molecule has 0 saturated carbocycles. The highest BCUT2D eigenvalue weighted by Crippen LogP contribution is 2.48. The lowest BCUT2D eigenvalue weighted by molar-refractivity contribution is -0.220. The summed E-state index contributed by atoms with van der Waals surface area (Å²) in [5.74, 6) is 2.29. The van der Waals surface area contributed by atoms with Crippen molar-refractivity contribution in [3.63, 3.8) is 0 Å². The number of hydrogen-bond acceptors (Lipinski definition) is 3. The third kappa shape index (κ3) is 1.69. The van der Waals surface area contributed by atoms with Crippen LogP contribution in [0, 0.1) is 5.41 Å². The molecular weight excluding hydrogens is 220 g/mol. The first-order valence-electron chi connectivity index (χ1n) is 5.05. The quantitative estimate of drug-likeness (QED) is 0.652. The second kappa shape index (κ2) is 3.85. The largest absolute Gasteiger partial charge is 0.346 e. The van der Waals surface area contributed by atoms with Crippen molar-refractivity contribution in [3.8, 4) is 0 Å². The van der Waals surface area contributed by atoms with E-state index in [9.17, 15) is 0 Å². The van der Waals surface area contributed by atoms with Crippen LogP contribution in [0.1, 0.15) is 20.3 Å². The van der Waals surface area contributed by atoms with E-state index < -0.39 is 0 Å². The molecule has 2 nitrogen and oxygen atoms in total. The minimum absolute atomic E-state index is 0.0784. The van der Waals surface area contributed by atoms with E-state index in [0.29, 0.717) is 12.5 Å². The first-order valence-corrected chi connectivity index (χ1v) is 6.74. The second-order valence-corrected chi connectivity index (χ2v) is 6.06. The Morgan fingerprint density at radius 3 is 2.86 bits per heavy atom. The van der Waals surface area contributed by atoms with Gasteiger partial charge >= 0.3 is 0 Å². The molecule has 0 aromatic rings. The van der Waals surface area contributed by atoms with E-state index in [1.165, 1.54) is 5.75 Å². The SMILES string of the molecule is CC1(C)CCSCC12OCC(CCl)O2. The van der Waals surface area contributed by atoms with Crippen molar-refractivity contribution in [1.82, 2.24) is 0 Å². The lowest BCUT2D eigenvalue weighted by Crippen LogP contribution is -2.51. The average molecular weight is 237 g/mol. The van der Waals surface area contributed by atoms with E-state index >= 15 is 0 Å². The van der Waals surface area contributed by atoms with Gasteiger partial charge in [-0.3, -0.25) is 0 Å². The topological polar surface area (TPSA) is 18.5 Å². The van der Waals surface area contributed by atoms with Crippen molar-refractivity contribution < 1.29 is 9.47 Å². The molecule has 0 aromatic carbocycles. The van der Waals surface area contributed by atoms with Gasteiger partial charge in [0.25, 0.3) is 0 Å². The summed E-state index contributed by atoms with van der Waals surface area (Å²) in [5.41, 5.74) is 0.110. The van der Waals surface area contributed by atoms with Gasteiger partial charge in [-0.2, -0.15) is 11.8 Å². The van der Waals surface area contributed by atoms with Gasteiger partial charge in [-0.1, -0.05) is 13.8 Å². The van der Waals surface area contributed by atoms with Crippen LogP contribution in [-0.2, 0) is 9.47 Å². The Morgan fingerprint density at radius 1 is 1.50 bits per heavy atom. The number of thioether (sulfide) groups is 1. The van der Waals surface area contributed by atoms with Crippen molar-refractivity contribution >= 4 is 23.4 Å². The van der Waals surface area contributed by atoms with Crippen LogP contribution in [0.5, 0.6) is 0 Å². The van der Waals surface area contributed by atoms with E-state index in [4.69, 9.17) is 21.1 Å². The molecule has 82 valence electrons. The zero-order valence-corrected chi connectivity index (χ0v) is 10.3. The predicted octanol–water partition coefficient (Wildman–Crippen LogP) is 2.50. The van der Waals surface area contributed by atoms with Crippen LogP contribution in [0.4, 0.5) is 0 Å². The van der Waals surface area contributed by atoms with Gasteiger partial charge in [-0.05, 0) is 12.2 Å². The molecule has 4 heteroatoms. The highest BCUT2D eigenvalue weighted by molar-refractivity contribution is 7.99. The molecule has 2 atom stereocenters. The summed E-state index contributed by atoms with van der Waals surface area (Å²) in [6.07, 6.45) is 1.22. The average Bonchev–Trinajstić information content (AvgIpc) is 2.56. The summed E-state index contributed by atoms with van der Waals surface area (Å²) in [7, 11) is 0. The van der Waals surface area contributed by atoms with Gasteiger partial charge < -0.3 is 9.47 Å². The maximum atomic E-state index is 5.98. The molecule has 0 bridgehead atoms.